The van der Waals surface area contributed by atoms with E-state index in [2.05, 4.69) is 11.8 Å². The van der Waals surface area contributed by atoms with Crippen molar-refractivity contribution in [3.05, 3.63) is 29.8 Å². The van der Waals surface area contributed by atoms with Crippen molar-refractivity contribution < 1.29 is 28.8 Å². The molecule has 0 saturated heterocycles. The zero-order valence-corrected chi connectivity index (χ0v) is 15.5. The molecule has 0 aliphatic carbocycles. The van der Waals surface area contributed by atoms with Gasteiger partial charge in [-0.3, -0.25) is 0 Å². The fraction of sp³-hybridized carbons (Fsp3) is 0.300. The predicted octanol–water partition coefficient (Wildman–Crippen LogP) is 2.74. The molecule has 0 bridgehead atoms. The average Bonchev–Trinajstić information content (AvgIpc) is 2.69. The third kappa shape index (κ3) is 3.48. The van der Waals surface area contributed by atoms with Crippen LogP contribution in [0.1, 0.15) is 5.56 Å². The first kappa shape index (κ1) is 19.3. The molecule has 0 unspecified atom stereocenters. The zero-order valence-electron chi connectivity index (χ0n) is 15.5. The molecular formula is C20H22O6. The first-order valence-electron chi connectivity index (χ1n) is 7.80. The first-order chi connectivity index (χ1) is 12.7. The van der Waals surface area contributed by atoms with Crippen molar-refractivity contribution in [2.75, 3.05) is 42.2 Å². The summed E-state index contributed by atoms with van der Waals surface area (Å²) in [5.74, 6) is 8.15. The van der Waals surface area contributed by atoms with E-state index in [4.69, 9.17) is 28.8 Å². The Morgan fingerprint density at radius 1 is 0.692 bits per heavy atom. The highest BCUT2D eigenvalue weighted by Gasteiger charge is 2.21. The van der Waals surface area contributed by atoms with Crippen LogP contribution in [0.25, 0.3) is 11.1 Å². The summed E-state index contributed by atoms with van der Waals surface area (Å²) in [7, 11) is 7.76. The molecule has 138 valence electrons. The van der Waals surface area contributed by atoms with Crippen LogP contribution < -0.4 is 23.7 Å². The molecule has 2 aromatic carbocycles. The Morgan fingerprint density at radius 3 is 1.73 bits per heavy atom. The van der Waals surface area contributed by atoms with Gasteiger partial charge in [-0.25, -0.2) is 0 Å². The quantitative estimate of drug-likeness (QED) is 0.801. The van der Waals surface area contributed by atoms with Crippen LogP contribution in [0.15, 0.2) is 24.3 Å². The number of ether oxygens (including phenoxy) is 5. The van der Waals surface area contributed by atoms with E-state index in [0.717, 1.165) is 11.1 Å². The molecule has 0 fully saturated rings. The van der Waals surface area contributed by atoms with Gasteiger partial charge < -0.3 is 28.8 Å². The number of benzene rings is 2. The van der Waals surface area contributed by atoms with E-state index in [1.807, 2.05) is 12.1 Å². The van der Waals surface area contributed by atoms with Crippen molar-refractivity contribution in [1.82, 2.24) is 0 Å². The topological polar surface area (TPSA) is 66.4 Å². The number of methoxy groups -OCH3 is 5. The van der Waals surface area contributed by atoms with E-state index in [1.165, 1.54) is 7.11 Å². The molecule has 26 heavy (non-hydrogen) atoms. The Balaban J connectivity index is 2.84. The van der Waals surface area contributed by atoms with Crippen LogP contribution in [-0.2, 0) is 0 Å². The molecule has 0 heterocycles. The minimum Gasteiger partial charge on any atom is -0.493 e. The van der Waals surface area contributed by atoms with E-state index in [-0.39, 0.29) is 6.61 Å². The van der Waals surface area contributed by atoms with Crippen LogP contribution in [0.4, 0.5) is 0 Å². The molecule has 0 aliphatic rings. The second kappa shape index (κ2) is 8.88. The molecule has 0 saturated carbocycles. The van der Waals surface area contributed by atoms with Gasteiger partial charge in [-0.2, -0.15) is 0 Å². The molecule has 2 rings (SSSR count). The minimum atomic E-state index is -0.275. The SMILES string of the molecule is COc1ccc(-c2ccc(OC)c(OC)c2OC)c(C#CCO)c1OC. The fourth-order valence-electron chi connectivity index (χ4n) is 2.72. The second-order valence-electron chi connectivity index (χ2n) is 5.07. The van der Waals surface area contributed by atoms with Gasteiger partial charge in [-0.05, 0) is 24.3 Å². The molecule has 6 nitrogen and oxygen atoms in total. The molecule has 0 spiro atoms. The lowest BCUT2D eigenvalue weighted by atomic mass is 9.97. The van der Waals surface area contributed by atoms with Gasteiger partial charge >= 0.3 is 0 Å². The van der Waals surface area contributed by atoms with Gasteiger partial charge in [0.2, 0.25) is 5.75 Å². The molecule has 0 amide bonds. The average molecular weight is 358 g/mol. The number of aliphatic hydroxyl groups is 1. The Morgan fingerprint density at radius 2 is 1.23 bits per heavy atom. The zero-order chi connectivity index (χ0) is 19.1. The van der Waals surface area contributed by atoms with Crippen LogP contribution in [0.2, 0.25) is 0 Å². The van der Waals surface area contributed by atoms with Crippen LogP contribution in [0.5, 0.6) is 28.7 Å². The smallest absolute Gasteiger partial charge is 0.203 e. The van der Waals surface area contributed by atoms with E-state index in [0.29, 0.717) is 34.3 Å². The molecule has 0 radical (unpaired) electrons. The summed E-state index contributed by atoms with van der Waals surface area (Å²) < 4.78 is 27.2. The van der Waals surface area contributed by atoms with Crippen molar-refractivity contribution >= 4 is 0 Å². The Bertz CT molecular complexity index is 832. The van der Waals surface area contributed by atoms with Gasteiger partial charge in [0.05, 0.1) is 41.1 Å². The summed E-state index contributed by atoms with van der Waals surface area (Å²) in [6.07, 6.45) is 0. The van der Waals surface area contributed by atoms with Crippen molar-refractivity contribution in [3.8, 4) is 51.7 Å². The fourth-order valence-corrected chi connectivity index (χ4v) is 2.72. The maximum atomic E-state index is 9.12. The van der Waals surface area contributed by atoms with Gasteiger partial charge in [0.25, 0.3) is 0 Å². The van der Waals surface area contributed by atoms with Crippen molar-refractivity contribution in [1.29, 1.82) is 0 Å². The van der Waals surface area contributed by atoms with Crippen molar-refractivity contribution in [2.24, 2.45) is 0 Å². The van der Waals surface area contributed by atoms with Gasteiger partial charge in [0.1, 0.15) is 6.61 Å². The molecular weight excluding hydrogens is 336 g/mol. The molecule has 0 aliphatic heterocycles. The standard InChI is InChI=1S/C20H22O6/c1-22-16-10-8-13(14(7-6-12-21)18(16)24-3)15-9-11-17(23-2)20(26-5)19(15)25-4/h8-11,21H,12H2,1-5H3. The maximum absolute atomic E-state index is 9.12. The van der Waals surface area contributed by atoms with E-state index in [9.17, 15) is 0 Å². The van der Waals surface area contributed by atoms with E-state index < -0.39 is 0 Å². The lowest BCUT2D eigenvalue weighted by Crippen LogP contribution is -2.00. The highest BCUT2D eigenvalue weighted by Crippen LogP contribution is 2.47. The molecule has 1 N–H and O–H groups in total. The highest BCUT2D eigenvalue weighted by atomic mass is 16.5. The van der Waals surface area contributed by atoms with Crippen LogP contribution >= 0.6 is 0 Å². The third-order valence-corrected chi connectivity index (χ3v) is 3.83. The number of hydrogen-bond donors (Lipinski definition) is 1. The normalized spacial score (nSPS) is 9.77. The molecule has 0 atom stereocenters. The Kier molecular flexibility index (Phi) is 6.59. The van der Waals surface area contributed by atoms with E-state index >= 15 is 0 Å². The second-order valence-corrected chi connectivity index (χ2v) is 5.07. The van der Waals surface area contributed by atoms with Gasteiger partial charge in [-0.1, -0.05) is 11.8 Å². The number of hydrogen-bond acceptors (Lipinski definition) is 6. The monoisotopic (exact) mass is 358 g/mol. The van der Waals surface area contributed by atoms with Crippen molar-refractivity contribution in [2.45, 2.75) is 0 Å². The summed E-state index contributed by atoms with van der Waals surface area (Å²) in [6.45, 7) is -0.275. The summed E-state index contributed by atoms with van der Waals surface area (Å²) in [6, 6.07) is 7.28. The van der Waals surface area contributed by atoms with Gasteiger partial charge in [-0.15, -0.1) is 0 Å². The first-order valence-corrected chi connectivity index (χ1v) is 7.80. The Hall–Kier alpha value is -3.04. The predicted molar refractivity (Wildman–Crippen MR) is 98.6 cm³/mol. The minimum absolute atomic E-state index is 0.275. The molecule has 2 aromatic rings. The summed E-state index contributed by atoms with van der Waals surface area (Å²) in [5.41, 5.74) is 2.07. The van der Waals surface area contributed by atoms with Crippen molar-refractivity contribution in [3.63, 3.8) is 0 Å². The number of rotatable bonds is 6. The summed E-state index contributed by atoms with van der Waals surface area (Å²) in [4.78, 5) is 0. The van der Waals surface area contributed by atoms with E-state index in [1.54, 1.807) is 40.6 Å². The summed E-state index contributed by atoms with van der Waals surface area (Å²) >= 11 is 0. The molecule has 0 aromatic heterocycles. The number of aliphatic hydroxyl groups excluding tert-OH is 1. The highest BCUT2D eigenvalue weighted by molar-refractivity contribution is 5.83. The summed E-state index contributed by atoms with van der Waals surface area (Å²) in [5, 5.41) is 9.12. The van der Waals surface area contributed by atoms with Gasteiger partial charge in [0.15, 0.2) is 23.0 Å². The largest absolute Gasteiger partial charge is 0.493 e. The van der Waals surface area contributed by atoms with Crippen LogP contribution in [0, 0.1) is 11.8 Å². The maximum Gasteiger partial charge on any atom is 0.203 e. The lowest BCUT2D eigenvalue weighted by Gasteiger charge is -2.18. The third-order valence-electron chi connectivity index (χ3n) is 3.83. The Labute approximate surface area is 153 Å². The lowest BCUT2D eigenvalue weighted by molar-refractivity contribution is 0.325. The van der Waals surface area contributed by atoms with Crippen LogP contribution in [0.3, 0.4) is 0 Å². The van der Waals surface area contributed by atoms with Gasteiger partial charge in [0, 0.05) is 11.1 Å². The molecule has 6 heteroatoms. The van der Waals surface area contributed by atoms with Crippen LogP contribution in [-0.4, -0.2) is 47.3 Å².